The fourth-order valence-corrected chi connectivity index (χ4v) is 9.03. The molecule has 0 aliphatic heterocycles. The number of hydrogen-bond acceptors (Lipinski definition) is 7. The van der Waals surface area contributed by atoms with Gasteiger partial charge < -0.3 is 28.4 Å². The molecule has 4 aromatic carbocycles. The Kier molecular flexibility index (Phi) is 38.7. The number of aryl methyl sites for hydroxylation is 3. The van der Waals surface area contributed by atoms with Crippen molar-refractivity contribution in [1.29, 1.82) is 5.26 Å². The van der Waals surface area contributed by atoms with E-state index in [0.717, 1.165) is 129 Å². The van der Waals surface area contributed by atoms with E-state index in [-0.39, 0.29) is 0 Å². The summed E-state index contributed by atoms with van der Waals surface area (Å²) in [6.07, 6.45) is 34.5. The molecule has 0 radical (unpaired) electrons. The third-order valence-corrected chi connectivity index (χ3v) is 14.1. The van der Waals surface area contributed by atoms with Crippen LogP contribution in [0, 0.1) is 44.6 Å². The summed E-state index contributed by atoms with van der Waals surface area (Å²) >= 11 is 0. The maximum Gasteiger partial charge on any atom is 0.198 e. The standard InChI is InChI=1S/C44H64N2O4.C19H30O2.C10H12/c1-8-13-17-21-25-47-41-31-37(42(29-35(41)6)48-26-22-18-14-9-2)30-40(46-7)39-33-43(49-27-23-19-15-10-3)38(36(12-5)34-45)32-44(39)50-28-24-20-16-11-4;1-6-9-11-16(8-3)14-21-19-12-15(4)18(20-5)13-17(19)10-7-2;1-3-4-10-7-5-9(2)6-8-10/h12,29-33H,8-11,13-28H2,1-6H3;7,10,12-13,16H,6,8-9,11,14H2,1-5H3;3-8H,1-2H3/b36-12+,40-30-;10-7+;4-3+. The van der Waals surface area contributed by atoms with Crippen molar-refractivity contribution in [2.45, 2.75) is 212 Å². The topological polar surface area (TPSA) is 83.5 Å². The van der Waals surface area contributed by atoms with Crippen molar-refractivity contribution in [3.05, 3.63) is 135 Å². The molecule has 81 heavy (non-hydrogen) atoms. The molecular weight excluding hydrogens is 1000 g/mol. The van der Waals surface area contributed by atoms with Crippen LogP contribution in [0.4, 0.5) is 0 Å². The maximum absolute atomic E-state index is 10.0. The van der Waals surface area contributed by atoms with Crippen LogP contribution in [0.1, 0.15) is 235 Å². The third-order valence-electron chi connectivity index (χ3n) is 14.1. The Balaban J connectivity index is 0.000000584. The average Bonchev–Trinajstić information content (AvgIpc) is 3.47. The van der Waals surface area contributed by atoms with Crippen LogP contribution in [0.15, 0.2) is 78.9 Å². The highest BCUT2D eigenvalue weighted by Crippen LogP contribution is 2.40. The van der Waals surface area contributed by atoms with Crippen LogP contribution < -0.4 is 28.4 Å². The average molecular weight is 1110 g/mol. The highest BCUT2D eigenvalue weighted by Gasteiger charge is 2.20. The highest BCUT2D eigenvalue weighted by molar-refractivity contribution is 5.91. The van der Waals surface area contributed by atoms with Crippen LogP contribution in [0.2, 0.25) is 0 Å². The molecule has 444 valence electrons. The van der Waals surface area contributed by atoms with Gasteiger partial charge in [-0.2, -0.15) is 5.26 Å². The summed E-state index contributed by atoms with van der Waals surface area (Å²) in [5, 5.41) is 10.0. The monoisotopic (exact) mass is 1110 g/mol. The van der Waals surface area contributed by atoms with Gasteiger partial charge in [-0.05, 0) is 139 Å². The largest absolute Gasteiger partial charge is 0.496 e. The fourth-order valence-electron chi connectivity index (χ4n) is 9.03. The first-order valence-corrected chi connectivity index (χ1v) is 31.1. The molecule has 0 aliphatic carbocycles. The molecule has 0 bridgehead atoms. The van der Waals surface area contributed by atoms with Gasteiger partial charge in [0.15, 0.2) is 5.70 Å². The molecule has 1 atom stereocenters. The van der Waals surface area contributed by atoms with Crippen molar-refractivity contribution < 1.29 is 28.4 Å². The minimum Gasteiger partial charge on any atom is -0.496 e. The first kappa shape index (κ1) is 70.7. The van der Waals surface area contributed by atoms with Crippen molar-refractivity contribution in [2.75, 3.05) is 40.1 Å². The Bertz CT molecular complexity index is 2560. The van der Waals surface area contributed by atoms with Gasteiger partial charge in [0.05, 0.1) is 58.4 Å². The number of unbranched alkanes of at least 4 members (excludes halogenated alkanes) is 13. The summed E-state index contributed by atoms with van der Waals surface area (Å²) in [7, 11) is 1.71. The van der Waals surface area contributed by atoms with Gasteiger partial charge >= 0.3 is 0 Å². The Morgan fingerprint density at radius 2 is 1.00 bits per heavy atom. The lowest BCUT2D eigenvalue weighted by Crippen LogP contribution is -2.12. The summed E-state index contributed by atoms with van der Waals surface area (Å²) in [6.45, 7) is 36.9. The Labute approximate surface area is 493 Å². The molecule has 0 fully saturated rings. The van der Waals surface area contributed by atoms with Crippen LogP contribution in [0.3, 0.4) is 0 Å². The van der Waals surface area contributed by atoms with Crippen LogP contribution in [0.25, 0.3) is 34.3 Å². The van der Waals surface area contributed by atoms with Gasteiger partial charge in [0.2, 0.25) is 0 Å². The number of methoxy groups -OCH3 is 1. The van der Waals surface area contributed by atoms with E-state index in [9.17, 15) is 5.26 Å². The SMILES string of the molecule is C/C=C/c1cc(OC)c(C)cc1OCC(CC)CCCC.C/C=C/c1ccc(C)cc1.[C-]#[N+]/C(=C\c1cc(OCCCCCC)c(C)cc1OCCCCCC)c1cc(OCCCCCC)c(/C(C#N)=C/C)cc1OCCCCCC. The van der Waals surface area contributed by atoms with Crippen LogP contribution in [-0.4, -0.2) is 40.1 Å². The van der Waals surface area contributed by atoms with Gasteiger partial charge in [-0.3, -0.25) is 0 Å². The summed E-state index contributed by atoms with van der Waals surface area (Å²) in [4.78, 5) is 4.06. The van der Waals surface area contributed by atoms with Crippen LogP contribution in [0.5, 0.6) is 34.5 Å². The van der Waals surface area contributed by atoms with Gasteiger partial charge in [0.25, 0.3) is 0 Å². The van der Waals surface area contributed by atoms with Crippen LogP contribution >= 0.6 is 0 Å². The summed E-state index contributed by atoms with van der Waals surface area (Å²) in [5.41, 5.74) is 8.87. The molecule has 0 saturated carbocycles. The minimum atomic E-state index is 0.420. The first-order chi connectivity index (χ1) is 39.4. The van der Waals surface area contributed by atoms with Gasteiger partial charge in [-0.25, -0.2) is 4.85 Å². The minimum absolute atomic E-state index is 0.420. The molecule has 0 aliphatic rings. The number of ether oxygens (including phenoxy) is 6. The molecule has 8 nitrogen and oxygen atoms in total. The molecule has 0 heterocycles. The molecule has 0 amide bonds. The highest BCUT2D eigenvalue weighted by atomic mass is 16.5. The Morgan fingerprint density at radius 1 is 0.531 bits per heavy atom. The molecule has 4 aromatic rings. The fraction of sp³-hybridized carbons (Fsp3) is 0.534. The van der Waals surface area contributed by atoms with E-state index in [4.69, 9.17) is 35.0 Å². The zero-order valence-electron chi connectivity index (χ0n) is 52.8. The van der Waals surface area contributed by atoms with Gasteiger partial charge in [-0.1, -0.05) is 198 Å². The third kappa shape index (κ3) is 27.8. The summed E-state index contributed by atoms with van der Waals surface area (Å²) in [5.74, 6) is 5.23. The zero-order valence-corrected chi connectivity index (χ0v) is 52.8. The van der Waals surface area contributed by atoms with E-state index in [0.29, 0.717) is 66.2 Å². The smallest absolute Gasteiger partial charge is 0.198 e. The van der Waals surface area contributed by atoms with Crippen LogP contribution in [-0.2, 0) is 0 Å². The summed E-state index contributed by atoms with van der Waals surface area (Å²) < 4.78 is 37.0. The summed E-state index contributed by atoms with van der Waals surface area (Å²) in [6, 6.07) is 22.8. The van der Waals surface area contributed by atoms with E-state index >= 15 is 0 Å². The van der Waals surface area contributed by atoms with Crippen molar-refractivity contribution in [3.63, 3.8) is 0 Å². The lowest BCUT2D eigenvalue weighted by molar-refractivity contribution is 0.232. The molecule has 0 N–H and O–H groups in total. The van der Waals surface area contributed by atoms with Crippen molar-refractivity contribution in [3.8, 4) is 40.6 Å². The van der Waals surface area contributed by atoms with E-state index in [1.54, 1.807) is 13.2 Å². The molecule has 0 saturated heterocycles. The number of hydrogen-bond donors (Lipinski definition) is 0. The second kappa shape index (κ2) is 44.3. The molecule has 0 aromatic heterocycles. The lowest BCUT2D eigenvalue weighted by atomic mass is 9.99. The molecule has 4 rings (SSSR count). The predicted octanol–water partition coefficient (Wildman–Crippen LogP) is 21.8. The number of rotatable bonds is 37. The predicted molar refractivity (Wildman–Crippen MR) is 347 cm³/mol. The zero-order chi connectivity index (χ0) is 59.5. The van der Waals surface area contributed by atoms with Crippen molar-refractivity contribution in [1.82, 2.24) is 0 Å². The second-order valence-electron chi connectivity index (χ2n) is 21.1. The van der Waals surface area contributed by atoms with E-state index in [2.05, 4.69) is 122 Å². The van der Waals surface area contributed by atoms with Crippen molar-refractivity contribution >= 4 is 29.5 Å². The molecule has 0 spiro atoms. The number of allylic oxidation sites excluding steroid dienone is 4. The van der Waals surface area contributed by atoms with E-state index in [1.165, 1.54) is 62.5 Å². The molecule has 1 unspecified atom stereocenters. The normalized spacial score (nSPS) is 11.7. The van der Waals surface area contributed by atoms with E-state index < -0.39 is 0 Å². The molecular formula is C73H106N2O6. The van der Waals surface area contributed by atoms with Gasteiger partial charge in [-0.15, -0.1) is 0 Å². The maximum atomic E-state index is 10.0. The number of nitrogens with zero attached hydrogens (tertiary/aromatic N) is 2. The second-order valence-corrected chi connectivity index (χ2v) is 21.1. The van der Waals surface area contributed by atoms with E-state index in [1.807, 2.05) is 63.3 Å². The Morgan fingerprint density at radius 3 is 1.47 bits per heavy atom. The number of nitriles is 1. The molecule has 8 heteroatoms. The lowest BCUT2D eigenvalue weighted by Gasteiger charge is -2.18. The van der Waals surface area contributed by atoms with Crippen molar-refractivity contribution in [2.24, 2.45) is 5.92 Å². The number of benzene rings is 4. The Hall–Kier alpha value is -6.38. The van der Waals surface area contributed by atoms with Gasteiger partial charge in [0.1, 0.15) is 34.5 Å². The first-order valence-electron chi connectivity index (χ1n) is 31.1. The quantitative estimate of drug-likeness (QED) is 0.0193. The van der Waals surface area contributed by atoms with Gasteiger partial charge in [0, 0.05) is 22.3 Å².